The lowest BCUT2D eigenvalue weighted by Gasteiger charge is -2.12. The fraction of sp³-hybridized carbons (Fsp3) is 0.238. The number of thiazole rings is 1. The molecule has 0 atom stereocenters. The summed E-state index contributed by atoms with van der Waals surface area (Å²) in [6, 6.07) is 10.9. The van der Waals surface area contributed by atoms with E-state index in [0.717, 1.165) is 16.1 Å². The van der Waals surface area contributed by atoms with Crippen molar-refractivity contribution >= 4 is 40.4 Å². The summed E-state index contributed by atoms with van der Waals surface area (Å²) in [5.41, 5.74) is 2.19. The molecule has 0 saturated heterocycles. The number of ether oxygens (including phenoxy) is 2. The molecule has 0 unspecified atom stereocenters. The van der Waals surface area contributed by atoms with Gasteiger partial charge in [-0.25, -0.2) is 4.98 Å². The molecule has 29 heavy (non-hydrogen) atoms. The van der Waals surface area contributed by atoms with Gasteiger partial charge in [0.1, 0.15) is 17.3 Å². The third-order valence-corrected chi connectivity index (χ3v) is 5.96. The summed E-state index contributed by atoms with van der Waals surface area (Å²) < 4.78 is 11.4. The van der Waals surface area contributed by atoms with Crippen LogP contribution in [0.5, 0.6) is 11.5 Å². The lowest BCUT2D eigenvalue weighted by atomic mass is 10.2. The molecule has 0 bridgehead atoms. The van der Waals surface area contributed by atoms with Crippen molar-refractivity contribution in [2.75, 3.05) is 20.7 Å². The Kier molecular flexibility index (Phi) is 7.00. The molecule has 2 aromatic carbocycles. The van der Waals surface area contributed by atoms with E-state index < -0.39 is 0 Å². The van der Waals surface area contributed by atoms with E-state index in [-0.39, 0.29) is 5.91 Å². The maximum atomic E-state index is 12.3. The molecule has 0 aliphatic heterocycles. The average Bonchev–Trinajstić information content (AvgIpc) is 3.23. The highest BCUT2D eigenvalue weighted by Gasteiger charge is 2.16. The molecule has 3 aromatic rings. The van der Waals surface area contributed by atoms with Crippen LogP contribution in [-0.2, 0) is 6.61 Å². The number of carbonyl (C=O) groups is 1. The number of halogens is 2. The second-order valence-corrected chi connectivity index (χ2v) is 7.93. The van der Waals surface area contributed by atoms with Crippen LogP contribution in [0.15, 0.2) is 41.8 Å². The molecule has 1 amide bonds. The summed E-state index contributed by atoms with van der Waals surface area (Å²) in [5, 5.41) is 3.50. The molecule has 152 valence electrons. The quantitative estimate of drug-likeness (QED) is 0.456. The maximum Gasteiger partial charge on any atom is 0.273 e. The molecule has 8 heteroatoms. The first kappa shape index (κ1) is 21.4. The number of methoxy groups -OCH3 is 1. The normalized spacial score (nSPS) is 10.7. The van der Waals surface area contributed by atoms with Crippen LogP contribution in [0.3, 0.4) is 0 Å². The van der Waals surface area contributed by atoms with Crippen molar-refractivity contribution < 1.29 is 14.3 Å². The van der Waals surface area contributed by atoms with Gasteiger partial charge in [0.05, 0.1) is 17.2 Å². The zero-order valence-corrected chi connectivity index (χ0v) is 18.6. The van der Waals surface area contributed by atoms with E-state index >= 15 is 0 Å². The Bertz CT molecular complexity index is 1020. The van der Waals surface area contributed by atoms with Gasteiger partial charge in [-0.3, -0.25) is 4.79 Å². The number of amides is 1. The van der Waals surface area contributed by atoms with Gasteiger partial charge in [0.2, 0.25) is 0 Å². The molecule has 0 aliphatic carbocycles. The van der Waals surface area contributed by atoms with Crippen molar-refractivity contribution in [1.29, 1.82) is 0 Å². The first-order valence-electron chi connectivity index (χ1n) is 8.89. The number of aromatic nitrogens is 1. The molecule has 0 aliphatic rings. The molecule has 3 rings (SSSR count). The second kappa shape index (κ2) is 9.48. The highest BCUT2D eigenvalue weighted by Crippen LogP contribution is 2.34. The standard InChI is InChI=1S/C21H20Cl2N2O3S/c1-4-25(2)21(26)17-12-29-20(24-17)14-6-8-18(19(10-14)27-3)28-11-13-5-7-15(22)16(23)9-13/h5-10,12H,4,11H2,1-3H3. The van der Waals surface area contributed by atoms with E-state index in [1.165, 1.54) is 11.3 Å². The van der Waals surface area contributed by atoms with Crippen molar-refractivity contribution in [3.8, 4) is 22.1 Å². The number of hydrogen-bond acceptors (Lipinski definition) is 5. The van der Waals surface area contributed by atoms with E-state index in [0.29, 0.717) is 40.4 Å². The van der Waals surface area contributed by atoms with Crippen LogP contribution < -0.4 is 9.47 Å². The summed E-state index contributed by atoms with van der Waals surface area (Å²) in [6.45, 7) is 2.88. The van der Waals surface area contributed by atoms with Gasteiger partial charge in [0.15, 0.2) is 11.5 Å². The smallest absolute Gasteiger partial charge is 0.273 e. The lowest BCUT2D eigenvalue weighted by molar-refractivity contribution is 0.0797. The average molecular weight is 451 g/mol. The summed E-state index contributed by atoms with van der Waals surface area (Å²) in [6.07, 6.45) is 0. The zero-order valence-electron chi connectivity index (χ0n) is 16.2. The predicted octanol–water partition coefficient (Wildman–Crippen LogP) is 5.80. The number of carbonyl (C=O) groups excluding carboxylic acids is 1. The third kappa shape index (κ3) is 5.01. The first-order valence-corrected chi connectivity index (χ1v) is 10.5. The summed E-state index contributed by atoms with van der Waals surface area (Å²) in [5.74, 6) is 1.08. The molecule has 0 saturated carbocycles. The SMILES string of the molecule is CCN(C)C(=O)c1csc(-c2ccc(OCc3ccc(Cl)c(Cl)c3)c(OC)c2)n1. The Labute approximate surface area is 183 Å². The topological polar surface area (TPSA) is 51.7 Å². The molecule has 0 N–H and O–H groups in total. The molecular formula is C21H20Cl2N2O3S. The minimum absolute atomic E-state index is 0.0939. The third-order valence-electron chi connectivity index (χ3n) is 4.33. The van der Waals surface area contributed by atoms with Crippen LogP contribution >= 0.6 is 34.5 Å². The molecule has 0 radical (unpaired) electrons. The molecule has 1 aromatic heterocycles. The van der Waals surface area contributed by atoms with Gasteiger partial charge < -0.3 is 14.4 Å². The van der Waals surface area contributed by atoms with Gasteiger partial charge in [-0.2, -0.15) is 0 Å². The van der Waals surface area contributed by atoms with Crippen molar-refractivity contribution in [3.63, 3.8) is 0 Å². The number of nitrogens with zero attached hydrogens (tertiary/aromatic N) is 2. The van der Waals surface area contributed by atoms with Crippen LogP contribution in [0.2, 0.25) is 10.0 Å². The monoisotopic (exact) mass is 450 g/mol. The van der Waals surface area contributed by atoms with Crippen LogP contribution in [-0.4, -0.2) is 36.5 Å². The minimum atomic E-state index is -0.0939. The van der Waals surface area contributed by atoms with Gasteiger partial charge in [-0.1, -0.05) is 29.3 Å². The Hall–Kier alpha value is -2.28. The van der Waals surface area contributed by atoms with Gasteiger partial charge in [0, 0.05) is 24.5 Å². The van der Waals surface area contributed by atoms with Gasteiger partial charge in [-0.05, 0) is 42.8 Å². The van der Waals surface area contributed by atoms with E-state index in [1.807, 2.05) is 31.2 Å². The molecule has 0 fully saturated rings. The fourth-order valence-corrected chi connectivity index (χ4v) is 3.67. The van der Waals surface area contributed by atoms with Crippen LogP contribution in [0.4, 0.5) is 0 Å². The van der Waals surface area contributed by atoms with Crippen molar-refractivity contribution in [3.05, 3.63) is 63.1 Å². The molecule has 0 spiro atoms. The zero-order chi connectivity index (χ0) is 21.0. The second-order valence-electron chi connectivity index (χ2n) is 6.26. The van der Waals surface area contributed by atoms with Gasteiger partial charge in [0.25, 0.3) is 5.91 Å². The maximum absolute atomic E-state index is 12.3. The van der Waals surface area contributed by atoms with Gasteiger partial charge >= 0.3 is 0 Å². The van der Waals surface area contributed by atoms with E-state index in [1.54, 1.807) is 36.6 Å². The summed E-state index contributed by atoms with van der Waals surface area (Å²) in [7, 11) is 3.34. The van der Waals surface area contributed by atoms with Crippen LogP contribution in [0, 0.1) is 0 Å². The Morgan fingerprint density at radius 3 is 2.62 bits per heavy atom. The largest absolute Gasteiger partial charge is 0.493 e. The van der Waals surface area contributed by atoms with Crippen molar-refractivity contribution in [2.24, 2.45) is 0 Å². The van der Waals surface area contributed by atoms with E-state index in [9.17, 15) is 4.79 Å². The number of rotatable bonds is 7. The van der Waals surface area contributed by atoms with Crippen LogP contribution in [0.25, 0.3) is 10.6 Å². The predicted molar refractivity (Wildman–Crippen MR) is 118 cm³/mol. The van der Waals surface area contributed by atoms with E-state index in [4.69, 9.17) is 32.7 Å². The lowest BCUT2D eigenvalue weighted by Crippen LogP contribution is -2.26. The van der Waals surface area contributed by atoms with E-state index in [2.05, 4.69) is 4.98 Å². The molecular weight excluding hydrogens is 431 g/mol. The van der Waals surface area contributed by atoms with Crippen molar-refractivity contribution in [1.82, 2.24) is 9.88 Å². The highest BCUT2D eigenvalue weighted by molar-refractivity contribution is 7.13. The summed E-state index contributed by atoms with van der Waals surface area (Å²) in [4.78, 5) is 18.4. The summed E-state index contributed by atoms with van der Waals surface area (Å²) >= 11 is 13.4. The Balaban J connectivity index is 1.77. The van der Waals surface area contributed by atoms with Crippen LogP contribution in [0.1, 0.15) is 23.0 Å². The number of hydrogen-bond donors (Lipinski definition) is 0. The Morgan fingerprint density at radius 2 is 1.93 bits per heavy atom. The van der Waals surface area contributed by atoms with Crippen molar-refractivity contribution in [2.45, 2.75) is 13.5 Å². The first-order chi connectivity index (χ1) is 13.9. The fourth-order valence-electron chi connectivity index (χ4n) is 2.55. The highest BCUT2D eigenvalue weighted by atomic mass is 35.5. The Morgan fingerprint density at radius 1 is 1.14 bits per heavy atom. The number of benzene rings is 2. The molecule has 5 nitrogen and oxygen atoms in total. The van der Waals surface area contributed by atoms with Gasteiger partial charge in [-0.15, -0.1) is 11.3 Å². The molecule has 1 heterocycles. The minimum Gasteiger partial charge on any atom is -0.493 e.